The van der Waals surface area contributed by atoms with Crippen molar-refractivity contribution < 1.29 is 14.3 Å². The van der Waals surface area contributed by atoms with E-state index in [9.17, 15) is 9.59 Å². The van der Waals surface area contributed by atoms with Crippen molar-refractivity contribution in [2.24, 2.45) is 0 Å². The predicted molar refractivity (Wildman–Crippen MR) is 84.3 cm³/mol. The Morgan fingerprint density at radius 3 is 2.57 bits per heavy atom. The molecule has 2 saturated heterocycles. The molecular formula is C16H22N4O3. The largest absolute Gasteiger partial charge is 0.444 e. The molecule has 124 valence electrons. The Balaban J connectivity index is 1.79. The first kappa shape index (κ1) is 15.7. The van der Waals surface area contributed by atoms with Crippen LogP contribution in [-0.4, -0.2) is 52.6 Å². The van der Waals surface area contributed by atoms with Gasteiger partial charge in [-0.1, -0.05) is 0 Å². The summed E-state index contributed by atoms with van der Waals surface area (Å²) in [6, 6.07) is 1.89. The van der Waals surface area contributed by atoms with E-state index in [-0.39, 0.29) is 18.1 Å². The van der Waals surface area contributed by atoms with E-state index in [1.807, 2.05) is 24.8 Å². The quantitative estimate of drug-likeness (QED) is 0.832. The van der Waals surface area contributed by atoms with Gasteiger partial charge in [-0.2, -0.15) is 0 Å². The first-order valence-electron chi connectivity index (χ1n) is 8.03. The predicted octanol–water partition coefficient (Wildman–Crippen LogP) is 1.86. The fraction of sp³-hybridized carbons (Fsp3) is 0.625. The molecule has 0 spiro atoms. The highest BCUT2D eigenvalue weighted by Crippen LogP contribution is 2.29. The molecule has 0 N–H and O–H groups in total. The van der Waals surface area contributed by atoms with Gasteiger partial charge in [-0.3, -0.25) is 9.69 Å². The lowest BCUT2D eigenvalue weighted by Gasteiger charge is -2.31. The van der Waals surface area contributed by atoms with Gasteiger partial charge in [0.2, 0.25) is 5.91 Å². The van der Waals surface area contributed by atoms with E-state index >= 15 is 0 Å². The number of anilines is 1. The van der Waals surface area contributed by atoms with Crippen molar-refractivity contribution >= 4 is 17.8 Å². The summed E-state index contributed by atoms with van der Waals surface area (Å²) in [7, 11) is 0. The maximum Gasteiger partial charge on any atom is 0.415 e. The maximum absolute atomic E-state index is 11.9. The topological polar surface area (TPSA) is 75.6 Å². The van der Waals surface area contributed by atoms with Gasteiger partial charge < -0.3 is 9.64 Å². The number of carbonyl (C=O) groups excluding carboxylic acids is 2. The van der Waals surface area contributed by atoms with Crippen LogP contribution in [0.25, 0.3) is 0 Å². The molecule has 1 unspecified atom stereocenters. The van der Waals surface area contributed by atoms with Crippen molar-refractivity contribution in [1.29, 1.82) is 0 Å². The lowest BCUT2D eigenvalue weighted by atomic mass is 9.93. The molecule has 1 atom stereocenters. The van der Waals surface area contributed by atoms with Crippen molar-refractivity contribution in [3.05, 3.63) is 17.6 Å². The summed E-state index contributed by atoms with van der Waals surface area (Å²) in [4.78, 5) is 35.7. The second kappa shape index (κ2) is 6.14. The number of cyclic esters (lactones) is 1. The van der Waals surface area contributed by atoms with Crippen LogP contribution in [0.15, 0.2) is 6.07 Å². The Morgan fingerprint density at radius 2 is 2.00 bits per heavy atom. The second-order valence-electron chi connectivity index (χ2n) is 6.28. The van der Waals surface area contributed by atoms with Crippen LogP contribution < -0.4 is 4.90 Å². The summed E-state index contributed by atoms with van der Waals surface area (Å²) >= 11 is 0. The highest BCUT2D eigenvalue weighted by Gasteiger charge is 2.31. The number of ether oxygens (including phenoxy) is 1. The molecule has 3 heterocycles. The van der Waals surface area contributed by atoms with Crippen molar-refractivity contribution in [1.82, 2.24) is 14.9 Å². The molecule has 3 rings (SSSR count). The fourth-order valence-electron chi connectivity index (χ4n) is 3.20. The van der Waals surface area contributed by atoms with Crippen molar-refractivity contribution in [3.8, 4) is 0 Å². The van der Waals surface area contributed by atoms with Crippen LogP contribution in [0.4, 0.5) is 10.6 Å². The third-order valence-corrected chi connectivity index (χ3v) is 4.44. The van der Waals surface area contributed by atoms with Gasteiger partial charge in [0.25, 0.3) is 0 Å². The third-order valence-electron chi connectivity index (χ3n) is 4.44. The number of rotatable bonds is 2. The van der Waals surface area contributed by atoms with Gasteiger partial charge in [-0.25, -0.2) is 14.8 Å². The third kappa shape index (κ3) is 3.28. The number of hydrogen-bond donors (Lipinski definition) is 0. The number of nitrogens with zero attached hydrogens (tertiary/aromatic N) is 4. The minimum Gasteiger partial charge on any atom is -0.444 e. The molecule has 1 aromatic rings. The molecular weight excluding hydrogens is 296 g/mol. The van der Waals surface area contributed by atoms with Crippen molar-refractivity contribution in [2.45, 2.75) is 45.6 Å². The zero-order valence-electron chi connectivity index (χ0n) is 13.8. The zero-order valence-corrected chi connectivity index (χ0v) is 13.8. The smallest absolute Gasteiger partial charge is 0.415 e. The van der Waals surface area contributed by atoms with E-state index in [2.05, 4.69) is 9.97 Å². The molecule has 0 saturated carbocycles. The average Bonchev–Trinajstić information content (AvgIpc) is 2.85. The standard InChI is InChI=1S/C16H22N4O3/c1-10-9-20(16(22)23-10)15-8-14(17-11(2)18-15)13-4-6-19(7-5-13)12(3)21/h8,10,13H,4-7,9H2,1-3H3. The molecule has 0 bridgehead atoms. The summed E-state index contributed by atoms with van der Waals surface area (Å²) in [5.74, 6) is 1.67. The minimum atomic E-state index is -0.354. The normalized spacial score (nSPS) is 22.4. The van der Waals surface area contributed by atoms with Crippen LogP contribution >= 0.6 is 0 Å². The Morgan fingerprint density at radius 1 is 1.30 bits per heavy atom. The molecule has 2 amide bonds. The van der Waals surface area contributed by atoms with Crippen LogP contribution in [-0.2, 0) is 9.53 Å². The van der Waals surface area contributed by atoms with E-state index in [1.165, 1.54) is 0 Å². The zero-order chi connectivity index (χ0) is 16.6. The lowest BCUT2D eigenvalue weighted by Crippen LogP contribution is -2.36. The summed E-state index contributed by atoms with van der Waals surface area (Å²) < 4.78 is 5.18. The molecule has 2 aliphatic rings. The molecule has 2 fully saturated rings. The number of likely N-dealkylation sites (tertiary alicyclic amines) is 1. The van der Waals surface area contributed by atoms with Crippen LogP contribution in [0.5, 0.6) is 0 Å². The molecule has 2 aliphatic heterocycles. The van der Waals surface area contributed by atoms with Crippen LogP contribution in [0, 0.1) is 6.92 Å². The first-order valence-corrected chi connectivity index (χ1v) is 8.03. The Kier molecular flexibility index (Phi) is 4.19. The molecule has 23 heavy (non-hydrogen) atoms. The molecule has 7 heteroatoms. The molecule has 1 aromatic heterocycles. The monoisotopic (exact) mass is 318 g/mol. The number of aromatic nitrogens is 2. The van der Waals surface area contributed by atoms with Crippen LogP contribution in [0.3, 0.4) is 0 Å². The van der Waals surface area contributed by atoms with Gasteiger partial charge in [0.1, 0.15) is 17.7 Å². The van der Waals surface area contributed by atoms with E-state index in [1.54, 1.807) is 11.8 Å². The van der Waals surface area contributed by atoms with Gasteiger partial charge in [0, 0.05) is 37.7 Å². The summed E-state index contributed by atoms with van der Waals surface area (Å²) in [5.41, 5.74) is 0.947. The second-order valence-corrected chi connectivity index (χ2v) is 6.28. The van der Waals surface area contributed by atoms with Gasteiger partial charge >= 0.3 is 6.09 Å². The van der Waals surface area contributed by atoms with Gasteiger partial charge in [0.05, 0.1) is 6.54 Å². The van der Waals surface area contributed by atoms with Crippen molar-refractivity contribution in [3.63, 3.8) is 0 Å². The van der Waals surface area contributed by atoms with E-state index in [4.69, 9.17) is 4.74 Å². The van der Waals surface area contributed by atoms with Crippen LogP contribution in [0.1, 0.15) is 44.1 Å². The Bertz CT molecular complexity index is 626. The number of amides is 2. The molecule has 0 radical (unpaired) electrons. The maximum atomic E-state index is 11.9. The number of carbonyl (C=O) groups is 2. The summed E-state index contributed by atoms with van der Waals surface area (Å²) in [6.07, 6.45) is 1.29. The first-order chi connectivity index (χ1) is 10.9. The van der Waals surface area contributed by atoms with Crippen LogP contribution in [0.2, 0.25) is 0 Å². The minimum absolute atomic E-state index is 0.122. The molecule has 0 aromatic carbocycles. The molecule has 7 nitrogen and oxygen atoms in total. The number of aryl methyl sites for hydroxylation is 1. The van der Waals surface area contributed by atoms with E-state index in [0.29, 0.717) is 24.1 Å². The van der Waals surface area contributed by atoms with E-state index < -0.39 is 0 Å². The summed E-state index contributed by atoms with van der Waals surface area (Å²) in [5, 5.41) is 0. The highest BCUT2D eigenvalue weighted by molar-refractivity contribution is 5.88. The van der Waals surface area contributed by atoms with Crippen molar-refractivity contribution in [2.75, 3.05) is 24.5 Å². The molecule has 0 aliphatic carbocycles. The number of hydrogen-bond acceptors (Lipinski definition) is 5. The SMILES string of the molecule is CC(=O)N1CCC(c2cc(N3CC(C)OC3=O)nc(C)n2)CC1. The van der Waals surface area contributed by atoms with E-state index in [0.717, 1.165) is 31.6 Å². The Hall–Kier alpha value is -2.18. The number of piperidine rings is 1. The Labute approximate surface area is 135 Å². The lowest BCUT2D eigenvalue weighted by molar-refractivity contribution is -0.129. The summed E-state index contributed by atoms with van der Waals surface area (Å²) in [6.45, 7) is 7.32. The highest BCUT2D eigenvalue weighted by atomic mass is 16.6. The van der Waals surface area contributed by atoms with Gasteiger partial charge in [0.15, 0.2) is 0 Å². The average molecular weight is 318 g/mol. The van der Waals surface area contributed by atoms with Gasteiger partial charge in [-0.15, -0.1) is 0 Å². The fourth-order valence-corrected chi connectivity index (χ4v) is 3.20. The van der Waals surface area contributed by atoms with Gasteiger partial charge in [-0.05, 0) is 26.7 Å².